The van der Waals surface area contributed by atoms with Gasteiger partial charge in [-0.15, -0.1) is 0 Å². The molecule has 33 heavy (non-hydrogen) atoms. The largest absolute Gasteiger partial charge is 0.497 e. The molecule has 172 valence electrons. The number of hydrazine groups is 1. The Hall–Kier alpha value is -2.88. The molecule has 0 saturated carbocycles. The zero-order valence-electron chi connectivity index (χ0n) is 18.1. The van der Waals surface area contributed by atoms with E-state index in [1.165, 1.54) is 17.3 Å². The van der Waals surface area contributed by atoms with E-state index in [0.29, 0.717) is 11.6 Å². The van der Waals surface area contributed by atoms with Gasteiger partial charge >= 0.3 is 0 Å². The third-order valence-corrected chi connectivity index (χ3v) is 7.32. The fraction of sp³-hybridized carbons (Fsp3) is 0.304. The minimum atomic E-state index is -0.0595. The number of carbonyl (C=O) groups excluding carboxylic acids is 1. The van der Waals surface area contributed by atoms with Crippen LogP contribution in [0.4, 0.5) is 0 Å². The van der Waals surface area contributed by atoms with Crippen molar-refractivity contribution in [1.82, 2.24) is 26.1 Å². The Morgan fingerprint density at radius 3 is 2.85 bits per heavy atom. The first-order valence-electron chi connectivity index (χ1n) is 10.7. The third-order valence-electron chi connectivity index (χ3n) is 5.99. The van der Waals surface area contributed by atoms with E-state index in [1.54, 1.807) is 7.11 Å². The summed E-state index contributed by atoms with van der Waals surface area (Å²) in [7, 11) is 1.67. The first-order valence-corrected chi connectivity index (χ1v) is 12.1. The van der Waals surface area contributed by atoms with Crippen molar-refractivity contribution < 1.29 is 9.53 Å². The number of ether oxygens (including phenoxy) is 1. The van der Waals surface area contributed by atoms with Gasteiger partial charge in [0.25, 0.3) is 0 Å². The number of benzene rings is 2. The van der Waals surface area contributed by atoms with Crippen molar-refractivity contribution in [2.24, 2.45) is 5.10 Å². The van der Waals surface area contributed by atoms with E-state index in [0.717, 1.165) is 22.9 Å². The third kappa shape index (κ3) is 4.62. The molecule has 10 heteroatoms. The molecule has 3 atom stereocenters. The maximum atomic E-state index is 12.4. The molecule has 1 amide bonds. The molecule has 8 nitrogen and oxygen atoms in total. The van der Waals surface area contributed by atoms with Crippen molar-refractivity contribution in [2.75, 3.05) is 12.9 Å². The molecular weight excluding hydrogens is 460 g/mol. The van der Waals surface area contributed by atoms with Gasteiger partial charge in [-0.25, -0.2) is 5.43 Å². The molecule has 0 bridgehead atoms. The standard InChI is InChI=1S/C23H25ClN6O2S/c1-32-17-8-6-15(7-9-17)19-12-20-22-26-27-23(29(22)10-11-30(20)28-19)33-14-21(31)25-13-16-4-2-3-5-18(16)24/h2-11,19-20,22,26,28H,12-14H2,1H3,(H,25,31). The van der Waals surface area contributed by atoms with Crippen LogP contribution in [0.1, 0.15) is 23.6 Å². The van der Waals surface area contributed by atoms with E-state index in [1.807, 2.05) is 48.8 Å². The average Bonchev–Trinajstić information content (AvgIpc) is 3.46. The Kier molecular flexibility index (Phi) is 6.34. The Labute approximate surface area is 202 Å². The Morgan fingerprint density at radius 1 is 1.24 bits per heavy atom. The number of nitrogens with zero attached hydrogens (tertiary/aromatic N) is 3. The number of hydrogen-bond donors (Lipinski definition) is 3. The summed E-state index contributed by atoms with van der Waals surface area (Å²) in [6.07, 6.45) is 4.97. The highest BCUT2D eigenvalue weighted by molar-refractivity contribution is 8.14. The van der Waals surface area contributed by atoms with Crippen LogP contribution in [0, 0.1) is 0 Å². The molecule has 5 rings (SSSR count). The number of amidine groups is 1. The summed E-state index contributed by atoms with van der Waals surface area (Å²) in [6, 6.07) is 16.1. The van der Waals surface area contributed by atoms with Crippen molar-refractivity contribution >= 4 is 34.4 Å². The van der Waals surface area contributed by atoms with Gasteiger partial charge in [0, 0.05) is 24.0 Å². The quantitative estimate of drug-likeness (QED) is 0.581. The molecular formula is C23H25ClN6O2S. The highest BCUT2D eigenvalue weighted by atomic mass is 35.5. The van der Waals surface area contributed by atoms with Crippen molar-refractivity contribution in [3.63, 3.8) is 0 Å². The topological polar surface area (TPSA) is 81.2 Å². The van der Waals surface area contributed by atoms with E-state index < -0.39 is 0 Å². The number of thioether (sulfide) groups is 1. The predicted molar refractivity (Wildman–Crippen MR) is 130 cm³/mol. The first kappa shape index (κ1) is 21.9. The van der Waals surface area contributed by atoms with Crippen LogP contribution in [-0.2, 0) is 11.3 Å². The molecule has 0 spiro atoms. The van der Waals surface area contributed by atoms with E-state index in [9.17, 15) is 4.79 Å². The van der Waals surface area contributed by atoms with E-state index in [2.05, 4.69) is 43.3 Å². The number of amides is 1. The van der Waals surface area contributed by atoms with E-state index >= 15 is 0 Å². The lowest BCUT2D eigenvalue weighted by Gasteiger charge is -2.36. The van der Waals surface area contributed by atoms with Gasteiger partial charge in [-0.1, -0.05) is 53.7 Å². The van der Waals surface area contributed by atoms with Crippen LogP contribution in [0.5, 0.6) is 5.75 Å². The number of methoxy groups -OCH3 is 1. The van der Waals surface area contributed by atoms with Gasteiger partial charge in [-0.2, -0.15) is 5.10 Å². The lowest BCUT2D eigenvalue weighted by molar-refractivity contribution is -0.118. The molecule has 3 aliphatic heterocycles. The predicted octanol–water partition coefficient (Wildman–Crippen LogP) is 3.01. The molecule has 3 unspecified atom stereocenters. The van der Waals surface area contributed by atoms with Crippen molar-refractivity contribution in [1.29, 1.82) is 0 Å². The first-order chi connectivity index (χ1) is 16.1. The Morgan fingerprint density at radius 2 is 2.06 bits per heavy atom. The maximum absolute atomic E-state index is 12.4. The van der Waals surface area contributed by atoms with Gasteiger partial charge in [-0.3, -0.25) is 10.2 Å². The van der Waals surface area contributed by atoms with Gasteiger partial charge in [0.15, 0.2) is 5.17 Å². The molecule has 2 aromatic rings. The SMILES string of the molecule is COc1ccc(C2CC3C4NN=C(SCC(=O)NCc5ccccc5Cl)N4C=CN3N2)cc1. The van der Waals surface area contributed by atoms with Gasteiger partial charge in [-0.05, 0) is 35.7 Å². The van der Waals surface area contributed by atoms with Crippen LogP contribution >= 0.6 is 23.4 Å². The van der Waals surface area contributed by atoms with Crippen molar-refractivity contribution in [3.8, 4) is 5.75 Å². The highest BCUT2D eigenvalue weighted by Gasteiger charge is 2.44. The van der Waals surface area contributed by atoms with Crippen LogP contribution in [-0.4, -0.2) is 46.1 Å². The molecule has 0 radical (unpaired) electrons. The lowest BCUT2D eigenvalue weighted by Crippen LogP contribution is -2.54. The number of fused-ring (bicyclic) bond motifs is 3. The molecule has 0 aromatic heterocycles. The van der Waals surface area contributed by atoms with Crippen molar-refractivity contribution in [3.05, 3.63) is 77.1 Å². The van der Waals surface area contributed by atoms with Crippen molar-refractivity contribution in [2.45, 2.75) is 31.2 Å². The van der Waals surface area contributed by atoms with Gasteiger partial charge in [0.05, 0.1) is 24.9 Å². The maximum Gasteiger partial charge on any atom is 0.230 e. The summed E-state index contributed by atoms with van der Waals surface area (Å²) in [4.78, 5) is 14.5. The van der Waals surface area contributed by atoms with E-state index in [-0.39, 0.29) is 29.9 Å². The molecule has 0 aliphatic carbocycles. The molecule has 3 aliphatic rings. The van der Waals surface area contributed by atoms with Crippen LogP contribution in [0.3, 0.4) is 0 Å². The normalized spacial score (nSPS) is 23.0. The summed E-state index contributed by atoms with van der Waals surface area (Å²) >= 11 is 7.58. The molecule has 3 heterocycles. The Bertz CT molecular complexity index is 1080. The zero-order chi connectivity index (χ0) is 22.8. The molecule has 1 fully saturated rings. The summed E-state index contributed by atoms with van der Waals surface area (Å²) in [5.41, 5.74) is 8.93. The molecule has 3 N–H and O–H groups in total. The van der Waals surface area contributed by atoms with Crippen LogP contribution in [0.15, 0.2) is 66.0 Å². The number of rotatable bonds is 6. The van der Waals surface area contributed by atoms with Gasteiger partial charge < -0.3 is 20.0 Å². The van der Waals surface area contributed by atoms with Gasteiger partial charge in [0.2, 0.25) is 5.91 Å². The van der Waals surface area contributed by atoms with E-state index in [4.69, 9.17) is 16.3 Å². The average molecular weight is 485 g/mol. The fourth-order valence-corrected chi connectivity index (χ4v) is 5.23. The second-order valence-corrected chi connectivity index (χ2v) is 9.35. The highest BCUT2D eigenvalue weighted by Crippen LogP contribution is 2.35. The van der Waals surface area contributed by atoms with Crippen LogP contribution in [0.2, 0.25) is 5.02 Å². The van der Waals surface area contributed by atoms with Crippen LogP contribution in [0.25, 0.3) is 0 Å². The summed E-state index contributed by atoms with van der Waals surface area (Å²) < 4.78 is 5.27. The number of halogens is 1. The summed E-state index contributed by atoms with van der Waals surface area (Å²) in [6.45, 7) is 0.408. The number of nitrogens with one attached hydrogen (secondary N) is 3. The molecule has 1 saturated heterocycles. The zero-order valence-corrected chi connectivity index (χ0v) is 19.6. The molecule has 2 aromatic carbocycles. The monoisotopic (exact) mass is 484 g/mol. The minimum Gasteiger partial charge on any atom is -0.497 e. The van der Waals surface area contributed by atoms with Crippen LogP contribution < -0.4 is 20.9 Å². The fourth-order valence-electron chi connectivity index (χ4n) is 4.22. The second-order valence-electron chi connectivity index (χ2n) is 8.00. The minimum absolute atomic E-state index is 0.0134. The smallest absolute Gasteiger partial charge is 0.230 e. The number of hydrazone groups is 1. The number of carbonyl (C=O) groups is 1. The number of hydrogen-bond acceptors (Lipinski definition) is 8. The Balaban J connectivity index is 1.14. The summed E-state index contributed by atoms with van der Waals surface area (Å²) in [5, 5.41) is 11.0. The second kappa shape index (κ2) is 9.54. The summed E-state index contributed by atoms with van der Waals surface area (Å²) in [5.74, 6) is 1.07. The lowest BCUT2D eigenvalue weighted by atomic mass is 10.00. The van der Waals surface area contributed by atoms with Gasteiger partial charge in [0.1, 0.15) is 11.9 Å².